The maximum atomic E-state index is 13.7. The third-order valence-electron chi connectivity index (χ3n) is 6.33. The molecule has 3 atom stereocenters. The fourth-order valence-corrected chi connectivity index (χ4v) is 4.78. The summed E-state index contributed by atoms with van der Waals surface area (Å²) in [7, 11) is 0. The Morgan fingerprint density at radius 1 is 0.697 bits per heavy atom. The second kappa shape index (κ2) is 7.53. The number of anilines is 2. The summed E-state index contributed by atoms with van der Waals surface area (Å²) in [5, 5.41) is 3.57. The van der Waals surface area contributed by atoms with E-state index in [2.05, 4.69) is 0 Å². The van der Waals surface area contributed by atoms with Crippen LogP contribution in [0.25, 0.3) is 10.8 Å². The molecule has 162 valence electrons. The van der Waals surface area contributed by atoms with E-state index >= 15 is 0 Å². The molecular formula is C27H19FN2O3. The van der Waals surface area contributed by atoms with E-state index in [4.69, 9.17) is 4.84 Å². The first kappa shape index (κ1) is 19.6. The number of imide groups is 1. The van der Waals surface area contributed by atoms with Crippen molar-refractivity contribution in [1.82, 2.24) is 0 Å². The van der Waals surface area contributed by atoms with Gasteiger partial charge in [-0.25, -0.2) is 14.4 Å². The normalized spacial score (nSPS) is 22.3. The molecule has 4 aromatic rings. The molecule has 2 saturated heterocycles. The van der Waals surface area contributed by atoms with Crippen molar-refractivity contribution in [3.05, 3.63) is 108 Å². The first-order chi connectivity index (χ1) is 16.1. The summed E-state index contributed by atoms with van der Waals surface area (Å²) < 4.78 is 13.6. The summed E-state index contributed by atoms with van der Waals surface area (Å²) in [5.41, 5.74) is 1.94. The summed E-state index contributed by atoms with van der Waals surface area (Å²) in [6, 6.07) is 28.0. The van der Waals surface area contributed by atoms with E-state index in [1.165, 1.54) is 17.0 Å². The number of halogens is 1. The van der Waals surface area contributed by atoms with Gasteiger partial charge in [0.25, 0.3) is 5.91 Å². The lowest BCUT2D eigenvalue weighted by Crippen LogP contribution is -2.37. The van der Waals surface area contributed by atoms with E-state index in [0.29, 0.717) is 11.3 Å². The quantitative estimate of drug-likeness (QED) is 0.421. The molecule has 6 rings (SSSR count). The lowest BCUT2D eigenvalue weighted by atomic mass is 9.90. The third kappa shape index (κ3) is 3.10. The fraction of sp³-hybridized carbons (Fsp3) is 0.111. The number of hydrogen-bond donors (Lipinski definition) is 0. The Morgan fingerprint density at radius 2 is 1.39 bits per heavy atom. The van der Waals surface area contributed by atoms with Crippen molar-refractivity contribution in [3.63, 3.8) is 0 Å². The molecule has 6 heteroatoms. The van der Waals surface area contributed by atoms with Crippen LogP contribution in [-0.2, 0) is 14.4 Å². The molecule has 2 heterocycles. The Kier molecular flexibility index (Phi) is 4.48. The zero-order chi connectivity index (χ0) is 22.5. The molecule has 4 aromatic carbocycles. The minimum Gasteiger partial charge on any atom is -0.273 e. The number of hydroxylamine groups is 1. The zero-order valence-corrected chi connectivity index (χ0v) is 17.5. The van der Waals surface area contributed by atoms with Crippen molar-refractivity contribution >= 4 is 34.0 Å². The van der Waals surface area contributed by atoms with Crippen LogP contribution in [0.1, 0.15) is 11.6 Å². The highest BCUT2D eigenvalue weighted by Crippen LogP contribution is 2.47. The molecule has 0 N–H and O–H groups in total. The van der Waals surface area contributed by atoms with Crippen LogP contribution in [0.5, 0.6) is 0 Å². The number of para-hydroxylation sites is 1. The van der Waals surface area contributed by atoms with Gasteiger partial charge in [0.15, 0.2) is 6.10 Å². The second-order valence-corrected chi connectivity index (χ2v) is 8.25. The lowest BCUT2D eigenvalue weighted by Gasteiger charge is -2.28. The Hall–Kier alpha value is -4.03. The number of hydrogen-bond acceptors (Lipinski definition) is 4. The highest BCUT2D eigenvalue weighted by Gasteiger charge is 2.60. The minimum atomic E-state index is -0.959. The van der Waals surface area contributed by atoms with E-state index in [1.54, 1.807) is 23.3 Å². The van der Waals surface area contributed by atoms with Gasteiger partial charge in [-0.05, 0) is 52.7 Å². The maximum Gasteiger partial charge on any atom is 0.266 e. The maximum absolute atomic E-state index is 13.7. The average molecular weight is 438 g/mol. The molecule has 0 radical (unpaired) electrons. The molecule has 0 spiro atoms. The molecule has 0 aromatic heterocycles. The highest BCUT2D eigenvalue weighted by atomic mass is 19.1. The first-order valence-corrected chi connectivity index (χ1v) is 10.7. The second-order valence-electron chi connectivity index (χ2n) is 8.25. The highest BCUT2D eigenvalue weighted by molar-refractivity contribution is 6.24. The molecule has 5 nitrogen and oxygen atoms in total. The predicted octanol–water partition coefficient (Wildman–Crippen LogP) is 5.03. The third-order valence-corrected chi connectivity index (χ3v) is 6.33. The van der Waals surface area contributed by atoms with Gasteiger partial charge in [-0.2, -0.15) is 0 Å². The van der Waals surface area contributed by atoms with Crippen LogP contribution in [0.4, 0.5) is 15.8 Å². The van der Waals surface area contributed by atoms with E-state index in [1.807, 2.05) is 66.7 Å². The molecule has 2 fully saturated rings. The van der Waals surface area contributed by atoms with Gasteiger partial charge in [-0.1, -0.05) is 60.7 Å². The molecule has 2 aliphatic heterocycles. The van der Waals surface area contributed by atoms with E-state index in [-0.39, 0.29) is 11.7 Å². The summed E-state index contributed by atoms with van der Waals surface area (Å²) >= 11 is 0. The number of benzene rings is 4. The van der Waals surface area contributed by atoms with Crippen molar-refractivity contribution in [2.75, 3.05) is 9.96 Å². The van der Waals surface area contributed by atoms with Crippen molar-refractivity contribution in [2.45, 2.75) is 12.1 Å². The average Bonchev–Trinajstić information content (AvgIpc) is 3.36. The Bertz CT molecular complexity index is 1370. The fourth-order valence-electron chi connectivity index (χ4n) is 4.78. The Balaban J connectivity index is 1.43. The summed E-state index contributed by atoms with van der Waals surface area (Å²) in [6.45, 7) is 0. The van der Waals surface area contributed by atoms with Crippen molar-refractivity contribution in [3.8, 4) is 0 Å². The first-order valence-electron chi connectivity index (χ1n) is 10.7. The lowest BCUT2D eigenvalue weighted by molar-refractivity contribution is -0.126. The van der Waals surface area contributed by atoms with Crippen LogP contribution in [0.2, 0.25) is 0 Å². The number of fused-ring (bicyclic) bond motifs is 2. The topological polar surface area (TPSA) is 49.9 Å². The molecule has 2 amide bonds. The zero-order valence-electron chi connectivity index (χ0n) is 17.5. The van der Waals surface area contributed by atoms with E-state index in [9.17, 15) is 14.0 Å². The van der Waals surface area contributed by atoms with Crippen LogP contribution in [0.3, 0.4) is 0 Å². The Labute approximate surface area is 189 Å². The van der Waals surface area contributed by atoms with Gasteiger partial charge in [0.05, 0.1) is 17.4 Å². The molecular weight excluding hydrogens is 419 g/mol. The smallest absolute Gasteiger partial charge is 0.266 e. The van der Waals surface area contributed by atoms with Gasteiger partial charge >= 0.3 is 0 Å². The van der Waals surface area contributed by atoms with Crippen LogP contribution >= 0.6 is 0 Å². The number of amides is 2. The number of carbonyl (C=O) groups is 2. The molecule has 2 aliphatic rings. The van der Waals surface area contributed by atoms with Gasteiger partial charge in [-0.3, -0.25) is 14.4 Å². The van der Waals surface area contributed by atoms with E-state index in [0.717, 1.165) is 16.5 Å². The van der Waals surface area contributed by atoms with E-state index < -0.39 is 24.0 Å². The molecule has 0 aliphatic carbocycles. The monoisotopic (exact) mass is 438 g/mol. The van der Waals surface area contributed by atoms with Crippen molar-refractivity contribution in [2.24, 2.45) is 5.92 Å². The number of carbonyl (C=O) groups excluding carboxylic acids is 2. The minimum absolute atomic E-state index is 0.326. The van der Waals surface area contributed by atoms with Gasteiger partial charge in [0, 0.05) is 0 Å². The molecule has 0 saturated carbocycles. The molecule has 0 unspecified atom stereocenters. The van der Waals surface area contributed by atoms with Crippen LogP contribution < -0.4 is 9.96 Å². The van der Waals surface area contributed by atoms with Gasteiger partial charge in [0.1, 0.15) is 11.7 Å². The Morgan fingerprint density at radius 3 is 2.15 bits per heavy atom. The van der Waals surface area contributed by atoms with Crippen molar-refractivity contribution < 1.29 is 18.8 Å². The van der Waals surface area contributed by atoms with Crippen LogP contribution in [0.15, 0.2) is 97.1 Å². The summed E-state index contributed by atoms with van der Waals surface area (Å²) in [5.74, 6) is -1.85. The summed E-state index contributed by atoms with van der Waals surface area (Å²) in [6.07, 6.45) is -0.959. The number of nitrogens with zero attached hydrogens (tertiary/aromatic N) is 2. The SMILES string of the molecule is O=C1[C@@H]2[C@@H](c3ccc(F)cc3)N(c3ccccc3)O[C@H]2C(=O)N1c1ccc2ccccc2c1. The summed E-state index contributed by atoms with van der Waals surface area (Å²) in [4.78, 5) is 34.5. The largest absolute Gasteiger partial charge is 0.273 e. The number of rotatable bonds is 3. The standard InChI is InChI=1S/C27H19FN2O3/c28-20-13-10-18(11-14-20)24-23-25(33-30(24)21-8-2-1-3-9-21)27(32)29(26(23)31)22-15-12-17-6-4-5-7-19(17)16-22/h1-16,23-25H/t23-,24-,25-/m1/s1. The van der Waals surface area contributed by atoms with Gasteiger partial charge in [-0.15, -0.1) is 0 Å². The molecule has 33 heavy (non-hydrogen) atoms. The van der Waals surface area contributed by atoms with Gasteiger partial charge < -0.3 is 0 Å². The van der Waals surface area contributed by atoms with Crippen LogP contribution in [0, 0.1) is 11.7 Å². The molecule has 0 bridgehead atoms. The van der Waals surface area contributed by atoms with Gasteiger partial charge in [0.2, 0.25) is 5.91 Å². The van der Waals surface area contributed by atoms with Crippen molar-refractivity contribution in [1.29, 1.82) is 0 Å². The predicted molar refractivity (Wildman–Crippen MR) is 123 cm³/mol. The van der Waals surface area contributed by atoms with Crippen LogP contribution in [-0.4, -0.2) is 17.9 Å².